The van der Waals surface area contributed by atoms with Gasteiger partial charge in [0.25, 0.3) is 0 Å². The lowest BCUT2D eigenvalue weighted by molar-refractivity contribution is 0.0594. The van der Waals surface area contributed by atoms with Gasteiger partial charge < -0.3 is 10.1 Å². The van der Waals surface area contributed by atoms with Crippen LogP contribution in [0.2, 0.25) is 0 Å². The van der Waals surface area contributed by atoms with Crippen LogP contribution < -0.4 is 5.32 Å². The number of ether oxygens (including phenoxy) is 1. The number of esters is 1. The van der Waals surface area contributed by atoms with E-state index in [1.807, 2.05) is 23.0 Å². The number of aromatic nitrogens is 3. The maximum absolute atomic E-state index is 11.3. The molecule has 0 spiro atoms. The molecular formula is C13H16N4O2. The average molecular weight is 260 g/mol. The number of nitrogens with zero attached hydrogens (tertiary/aromatic N) is 3. The van der Waals surface area contributed by atoms with Gasteiger partial charge in [0.05, 0.1) is 7.11 Å². The Balaban J connectivity index is 1.81. The van der Waals surface area contributed by atoms with E-state index in [9.17, 15) is 4.79 Å². The maximum Gasteiger partial charge on any atom is 0.356 e. The van der Waals surface area contributed by atoms with E-state index in [0.29, 0.717) is 5.69 Å². The van der Waals surface area contributed by atoms with E-state index in [4.69, 9.17) is 0 Å². The SMILES string of the molecule is COC(=O)c1cc(NCCCn2cccn2)ccn1. The lowest BCUT2D eigenvalue weighted by Gasteiger charge is -2.07. The Morgan fingerprint density at radius 3 is 3.11 bits per heavy atom. The number of aryl methyl sites for hydroxylation is 1. The molecule has 2 heterocycles. The predicted molar refractivity (Wildman–Crippen MR) is 70.9 cm³/mol. The zero-order chi connectivity index (χ0) is 13.5. The number of hydrogen-bond donors (Lipinski definition) is 1. The number of rotatable bonds is 6. The Morgan fingerprint density at radius 1 is 1.47 bits per heavy atom. The molecule has 2 rings (SSSR count). The molecule has 0 aliphatic heterocycles. The largest absolute Gasteiger partial charge is 0.464 e. The van der Waals surface area contributed by atoms with Crippen molar-refractivity contribution in [2.45, 2.75) is 13.0 Å². The van der Waals surface area contributed by atoms with Crippen molar-refractivity contribution < 1.29 is 9.53 Å². The van der Waals surface area contributed by atoms with Crippen LogP contribution >= 0.6 is 0 Å². The second-order valence-electron chi connectivity index (χ2n) is 3.97. The molecule has 0 saturated heterocycles. The minimum Gasteiger partial charge on any atom is -0.464 e. The zero-order valence-corrected chi connectivity index (χ0v) is 10.7. The molecule has 0 saturated carbocycles. The van der Waals surface area contributed by atoms with Crippen LogP contribution in [0.5, 0.6) is 0 Å². The second-order valence-corrected chi connectivity index (χ2v) is 3.97. The number of pyridine rings is 1. The first-order valence-corrected chi connectivity index (χ1v) is 6.05. The third kappa shape index (κ3) is 3.80. The summed E-state index contributed by atoms with van der Waals surface area (Å²) in [4.78, 5) is 15.3. The third-order valence-electron chi connectivity index (χ3n) is 2.61. The Kier molecular flexibility index (Phi) is 4.49. The number of hydrogen-bond acceptors (Lipinski definition) is 5. The average Bonchev–Trinajstić information content (AvgIpc) is 2.96. The molecule has 6 nitrogen and oxygen atoms in total. The van der Waals surface area contributed by atoms with E-state index < -0.39 is 5.97 Å². The van der Waals surface area contributed by atoms with E-state index in [0.717, 1.165) is 25.2 Å². The first-order chi connectivity index (χ1) is 9.29. The highest BCUT2D eigenvalue weighted by molar-refractivity contribution is 5.88. The maximum atomic E-state index is 11.3. The highest BCUT2D eigenvalue weighted by atomic mass is 16.5. The summed E-state index contributed by atoms with van der Waals surface area (Å²) in [5, 5.41) is 7.36. The lowest BCUT2D eigenvalue weighted by atomic mass is 10.3. The molecule has 0 fully saturated rings. The summed E-state index contributed by atoms with van der Waals surface area (Å²) in [7, 11) is 1.34. The van der Waals surface area contributed by atoms with E-state index >= 15 is 0 Å². The van der Waals surface area contributed by atoms with Gasteiger partial charge in [-0.1, -0.05) is 0 Å². The van der Waals surface area contributed by atoms with Crippen molar-refractivity contribution in [3.8, 4) is 0 Å². The molecule has 19 heavy (non-hydrogen) atoms. The van der Waals surface area contributed by atoms with E-state index in [1.165, 1.54) is 7.11 Å². The van der Waals surface area contributed by atoms with Gasteiger partial charge in [-0.05, 0) is 24.6 Å². The molecule has 0 bridgehead atoms. The van der Waals surface area contributed by atoms with Crippen LogP contribution in [-0.2, 0) is 11.3 Å². The summed E-state index contributed by atoms with van der Waals surface area (Å²) in [6, 6.07) is 5.40. The number of nitrogens with one attached hydrogen (secondary N) is 1. The highest BCUT2D eigenvalue weighted by Crippen LogP contribution is 2.08. The minimum absolute atomic E-state index is 0.305. The van der Waals surface area contributed by atoms with Crippen molar-refractivity contribution in [1.29, 1.82) is 0 Å². The molecule has 0 unspecified atom stereocenters. The first-order valence-electron chi connectivity index (χ1n) is 6.05. The van der Waals surface area contributed by atoms with Crippen molar-refractivity contribution in [1.82, 2.24) is 14.8 Å². The third-order valence-corrected chi connectivity index (χ3v) is 2.61. The normalized spacial score (nSPS) is 10.2. The summed E-state index contributed by atoms with van der Waals surface area (Å²) < 4.78 is 6.51. The topological polar surface area (TPSA) is 69.0 Å². The van der Waals surface area contributed by atoms with Crippen molar-refractivity contribution in [2.24, 2.45) is 0 Å². The fraction of sp³-hybridized carbons (Fsp3) is 0.308. The molecule has 100 valence electrons. The monoisotopic (exact) mass is 260 g/mol. The molecule has 0 amide bonds. The first kappa shape index (κ1) is 13.1. The molecule has 1 N–H and O–H groups in total. The van der Waals surface area contributed by atoms with Gasteiger partial charge >= 0.3 is 5.97 Å². The Bertz CT molecular complexity index is 525. The van der Waals surface area contributed by atoms with Gasteiger partial charge in [-0.2, -0.15) is 5.10 Å². The Hall–Kier alpha value is -2.37. The van der Waals surface area contributed by atoms with Crippen LogP contribution in [-0.4, -0.2) is 34.4 Å². The Morgan fingerprint density at radius 2 is 2.37 bits per heavy atom. The standard InChI is InChI=1S/C13H16N4O2/c1-19-13(18)12-10-11(4-7-15-12)14-5-2-8-17-9-3-6-16-17/h3-4,6-7,9-10H,2,5,8H2,1H3,(H,14,15). The summed E-state index contributed by atoms with van der Waals surface area (Å²) in [5.74, 6) is -0.430. The minimum atomic E-state index is -0.430. The molecule has 0 aliphatic carbocycles. The predicted octanol–water partition coefficient (Wildman–Crippen LogP) is 1.57. The van der Waals surface area contributed by atoms with E-state index in [-0.39, 0.29) is 0 Å². The molecule has 0 radical (unpaired) electrons. The molecular weight excluding hydrogens is 244 g/mol. The fourth-order valence-electron chi connectivity index (χ4n) is 1.66. The van der Waals surface area contributed by atoms with Gasteiger partial charge in [-0.3, -0.25) is 4.68 Å². The van der Waals surface area contributed by atoms with Gasteiger partial charge in [-0.15, -0.1) is 0 Å². The second kappa shape index (κ2) is 6.53. The van der Waals surface area contributed by atoms with Gasteiger partial charge in [-0.25, -0.2) is 9.78 Å². The van der Waals surface area contributed by atoms with Crippen LogP contribution in [0.1, 0.15) is 16.9 Å². The van der Waals surface area contributed by atoms with Crippen LogP contribution in [0.3, 0.4) is 0 Å². The summed E-state index contributed by atoms with van der Waals surface area (Å²) in [6.07, 6.45) is 6.22. The number of methoxy groups -OCH3 is 1. The van der Waals surface area contributed by atoms with Gasteiger partial charge in [0, 0.05) is 37.4 Å². The molecule has 0 atom stereocenters. The lowest BCUT2D eigenvalue weighted by Crippen LogP contribution is -2.09. The van der Waals surface area contributed by atoms with Gasteiger partial charge in [0.1, 0.15) is 5.69 Å². The molecule has 2 aromatic rings. The van der Waals surface area contributed by atoms with Gasteiger partial charge in [0.15, 0.2) is 0 Å². The summed E-state index contributed by atoms with van der Waals surface area (Å²) in [5.41, 5.74) is 1.16. The Labute approximate surface area is 111 Å². The molecule has 0 aliphatic rings. The molecule has 6 heteroatoms. The highest BCUT2D eigenvalue weighted by Gasteiger charge is 2.06. The number of carbonyl (C=O) groups is 1. The zero-order valence-electron chi connectivity index (χ0n) is 10.7. The van der Waals surface area contributed by atoms with Crippen molar-refractivity contribution in [3.63, 3.8) is 0 Å². The fourth-order valence-corrected chi connectivity index (χ4v) is 1.66. The number of carbonyl (C=O) groups excluding carboxylic acids is 1. The van der Waals surface area contributed by atoms with Crippen LogP contribution in [0, 0.1) is 0 Å². The van der Waals surface area contributed by atoms with Crippen LogP contribution in [0.25, 0.3) is 0 Å². The van der Waals surface area contributed by atoms with E-state index in [2.05, 4.69) is 20.1 Å². The smallest absolute Gasteiger partial charge is 0.356 e. The quantitative estimate of drug-likeness (QED) is 0.630. The number of anilines is 1. The molecule has 2 aromatic heterocycles. The molecule has 0 aromatic carbocycles. The van der Waals surface area contributed by atoms with E-state index in [1.54, 1.807) is 18.5 Å². The summed E-state index contributed by atoms with van der Waals surface area (Å²) >= 11 is 0. The van der Waals surface area contributed by atoms with Crippen LogP contribution in [0.4, 0.5) is 5.69 Å². The summed E-state index contributed by atoms with van der Waals surface area (Å²) in [6.45, 7) is 1.65. The van der Waals surface area contributed by atoms with Crippen molar-refractivity contribution in [2.75, 3.05) is 19.0 Å². The van der Waals surface area contributed by atoms with Crippen LogP contribution in [0.15, 0.2) is 36.8 Å². The van der Waals surface area contributed by atoms with Crippen molar-refractivity contribution in [3.05, 3.63) is 42.5 Å². The van der Waals surface area contributed by atoms with Crippen molar-refractivity contribution >= 4 is 11.7 Å². The van der Waals surface area contributed by atoms with Gasteiger partial charge in [0.2, 0.25) is 0 Å².